The van der Waals surface area contributed by atoms with Gasteiger partial charge in [-0.15, -0.1) is 0 Å². The van der Waals surface area contributed by atoms with Crippen LogP contribution in [0.4, 0.5) is 5.82 Å². The Kier molecular flexibility index (Phi) is 4.72. The SMILES string of the molecule is Nc1nc(Cl)nc2c1ccn2C1CCC(c2cnn(CCc3ccccc3)c2)C1. The number of benzene rings is 1. The van der Waals surface area contributed by atoms with Gasteiger partial charge in [0, 0.05) is 25.0 Å². The fourth-order valence-corrected chi connectivity index (χ4v) is 4.61. The summed E-state index contributed by atoms with van der Waals surface area (Å²) in [5.41, 5.74) is 9.49. The molecular weight excluding hydrogens is 384 g/mol. The third-order valence-corrected chi connectivity index (χ3v) is 6.14. The first kappa shape index (κ1) is 18.2. The molecule has 2 N–H and O–H groups in total. The average Bonchev–Trinajstić information content (AvgIpc) is 3.46. The van der Waals surface area contributed by atoms with Crippen molar-refractivity contribution in [2.75, 3.05) is 5.73 Å². The van der Waals surface area contributed by atoms with Crippen molar-refractivity contribution in [2.45, 2.75) is 44.2 Å². The Balaban J connectivity index is 1.29. The number of fused-ring (bicyclic) bond motifs is 1. The maximum atomic E-state index is 6.03. The number of hydrogen-bond acceptors (Lipinski definition) is 4. The molecule has 0 spiro atoms. The molecule has 2 atom stereocenters. The highest BCUT2D eigenvalue weighted by molar-refractivity contribution is 6.28. The van der Waals surface area contributed by atoms with E-state index in [9.17, 15) is 0 Å². The first-order valence-electron chi connectivity index (χ1n) is 10.0. The summed E-state index contributed by atoms with van der Waals surface area (Å²) >= 11 is 6.03. The van der Waals surface area contributed by atoms with Crippen LogP contribution in [0, 0.1) is 0 Å². The van der Waals surface area contributed by atoms with Crippen LogP contribution in [0.3, 0.4) is 0 Å². The van der Waals surface area contributed by atoms with E-state index in [1.807, 2.05) is 18.3 Å². The maximum Gasteiger partial charge on any atom is 0.226 e. The minimum atomic E-state index is 0.198. The third-order valence-electron chi connectivity index (χ3n) is 5.97. The van der Waals surface area contributed by atoms with Crippen LogP contribution in [0.2, 0.25) is 5.28 Å². The quantitative estimate of drug-likeness (QED) is 0.491. The minimum absolute atomic E-state index is 0.198. The standard InChI is InChI=1S/C22H23ClN6/c23-22-26-20(24)19-9-11-29(21(19)27-22)18-7-6-16(12-18)17-13-25-28(14-17)10-8-15-4-2-1-3-5-15/h1-5,9,11,13-14,16,18H,6-8,10,12H2,(H2,24,26,27). The molecule has 29 heavy (non-hydrogen) atoms. The van der Waals surface area contributed by atoms with Crippen molar-refractivity contribution in [2.24, 2.45) is 0 Å². The van der Waals surface area contributed by atoms with E-state index in [0.717, 1.165) is 43.3 Å². The van der Waals surface area contributed by atoms with E-state index < -0.39 is 0 Å². The van der Waals surface area contributed by atoms with Gasteiger partial charge in [0.15, 0.2) is 0 Å². The van der Waals surface area contributed by atoms with Gasteiger partial charge in [-0.3, -0.25) is 4.68 Å². The van der Waals surface area contributed by atoms with Gasteiger partial charge < -0.3 is 10.3 Å². The Bertz CT molecular complexity index is 1130. The molecule has 1 aliphatic carbocycles. The molecule has 3 heterocycles. The summed E-state index contributed by atoms with van der Waals surface area (Å²) in [6.45, 7) is 0.900. The number of aromatic nitrogens is 5. The summed E-state index contributed by atoms with van der Waals surface area (Å²) in [5, 5.41) is 5.66. The molecule has 2 unspecified atom stereocenters. The highest BCUT2D eigenvalue weighted by atomic mass is 35.5. The second-order valence-corrected chi connectivity index (χ2v) is 8.11. The second kappa shape index (κ2) is 7.52. The van der Waals surface area contributed by atoms with E-state index in [1.165, 1.54) is 11.1 Å². The summed E-state index contributed by atoms with van der Waals surface area (Å²) in [4.78, 5) is 8.47. The van der Waals surface area contributed by atoms with Gasteiger partial charge in [0.2, 0.25) is 5.28 Å². The highest BCUT2D eigenvalue weighted by Crippen LogP contribution is 2.42. The number of rotatable bonds is 5. The van der Waals surface area contributed by atoms with Crippen LogP contribution in [-0.4, -0.2) is 24.3 Å². The van der Waals surface area contributed by atoms with Crippen molar-refractivity contribution >= 4 is 28.5 Å². The predicted molar refractivity (Wildman–Crippen MR) is 115 cm³/mol. The zero-order chi connectivity index (χ0) is 19.8. The van der Waals surface area contributed by atoms with E-state index in [4.69, 9.17) is 17.3 Å². The molecular formula is C22H23ClN6. The minimum Gasteiger partial charge on any atom is -0.383 e. The van der Waals surface area contributed by atoms with E-state index in [1.54, 1.807) is 0 Å². The van der Waals surface area contributed by atoms with Gasteiger partial charge in [-0.1, -0.05) is 30.3 Å². The molecule has 0 aliphatic heterocycles. The first-order valence-corrected chi connectivity index (χ1v) is 10.4. The first-order chi connectivity index (χ1) is 14.2. The molecule has 1 saturated carbocycles. The van der Waals surface area contributed by atoms with Crippen LogP contribution in [0.5, 0.6) is 0 Å². The van der Waals surface area contributed by atoms with Crippen molar-refractivity contribution in [3.63, 3.8) is 0 Å². The van der Waals surface area contributed by atoms with E-state index >= 15 is 0 Å². The Morgan fingerprint density at radius 3 is 2.83 bits per heavy atom. The lowest BCUT2D eigenvalue weighted by molar-refractivity contribution is 0.523. The number of nitrogens with two attached hydrogens (primary N) is 1. The van der Waals surface area contributed by atoms with Crippen molar-refractivity contribution < 1.29 is 0 Å². The van der Waals surface area contributed by atoms with Crippen LogP contribution >= 0.6 is 11.6 Å². The molecule has 1 fully saturated rings. The average molecular weight is 407 g/mol. The van der Waals surface area contributed by atoms with Crippen LogP contribution in [-0.2, 0) is 13.0 Å². The van der Waals surface area contributed by atoms with Crippen molar-refractivity contribution in [3.05, 3.63) is 71.4 Å². The van der Waals surface area contributed by atoms with Gasteiger partial charge in [-0.25, -0.2) is 4.98 Å². The number of halogens is 1. The molecule has 1 aliphatic rings. The molecule has 148 valence electrons. The lowest BCUT2D eigenvalue weighted by Crippen LogP contribution is -2.06. The molecule has 6 nitrogen and oxygen atoms in total. The van der Waals surface area contributed by atoms with E-state index in [2.05, 4.69) is 61.0 Å². The number of nitrogen functional groups attached to an aromatic ring is 1. The summed E-state index contributed by atoms with van der Waals surface area (Å²) < 4.78 is 4.27. The molecule has 0 amide bonds. The monoisotopic (exact) mass is 406 g/mol. The van der Waals surface area contributed by atoms with Crippen LogP contribution < -0.4 is 5.73 Å². The van der Waals surface area contributed by atoms with Crippen molar-refractivity contribution in [1.29, 1.82) is 0 Å². The Hall–Kier alpha value is -2.86. The number of nitrogens with zero attached hydrogens (tertiary/aromatic N) is 5. The van der Waals surface area contributed by atoms with Gasteiger partial charge >= 0.3 is 0 Å². The zero-order valence-electron chi connectivity index (χ0n) is 16.1. The zero-order valence-corrected chi connectivity index (χ0v) is 16.8. The normalized spacial score (nSPS) is 19.2. The molecule has 5 rings (SSSR count). The summed E-state index contributed by atoms with van der Waals surface area (Å²) in [5.74, 6) is 0.950. The molecule has 0 radical (unpaired) electrons. The molecule has 4 aromatic rings. The highest BCUT2D eigenvalue weighted by Gasteiger charge is 2.29. The lowest BCUT2D eigenvalue weighted by Gasteiger charge is -2.14. The predicted octanol–water partition coefficient (Wildman–Crippen LogP) is 4.61. The van der Waals surface area contributed by atoms with E-state index in [0.29, 0.717) is 17.8 Å². The van der Waals surface area contributed by atoms with Crippen LogP contribution in [0.25, 0.3) is 11.0 Å². The number of hydrogen-bond donors (Lipinski definition) is 1. The molecule has 1 aromatic carbocycles. The van der Waals surface area contributed by atoms with Gasteiger partial charge in [0.05, 0.1) is 11.6 Å². The number of anilines is 1. The maximum absolute atomic E-state index is 6.03. The third kappa shape index (κ3) is 3.60. The molecule has 7 heteroatoms. The largest absolute Gasteiger partial charge is 0.383 e. The lowest BCUT2D eigenvalue weighted by atomic mass is 10.0. The second-order valence-electron chi connectivity index (χ2n) is 7.77. The van der Waals surface area contributed by atoms with Crippen molar-refractivity contribution in [1.82, 2.24) is 24.3 Å². The Morgan fingerprint density at radius 2 is 1.97 bits per heavy atom. The van der Waals surface area contributed by atoms with Gasteiger partial charge in [0.1, 0.15) is 11.5 Å². The van der Waals surface area contributed by atoms with Gasteiger partial charge in [0.25, 0.3) is 0 Å². The van der Waals surface area contributed by atoms with Crippen molar-refractivity contribution in [3.8, 4) is 0 Å². The fourth-order valence-electron chi connectivity index (χ4n) is 4.44. The Labute approximate surface area is 174 Å². The summed E-state index contributed by atoms with van der Waals surface area (Å²) in [6.07, 6.45) is 10.6. The summed E-state index contributed by atoms with van der Waals surface area (Å²) in [7, 11) is 0. The van der Waals surface area contributed by atoms with E-state index in [-0.39, 0.29) is 5.28 Å². The molecule has 0 saturated heterocycles. The number of aryl methyl sites for hydroxylation is 2. The smallest absolute Gasteiger partial charge is 0.226 e. The van der Waals surface area contributed by atoms with Crippen LogP contribution in [0.15, 0.2) is 55.0 Å². The fraction of sp³-hybridized carbons (Fsp3) is 0.318. The molecule has 3 aromatic heterocycles. The van der Waals surface area contributed by atoms with Gasteiger partial charge in [-0.2, -0.15) is 10.1 Å². The molecule has 0 bridgehead atoms. The Morgan fingerprint density at radius 1 is 1.10 bits per heavy atom. The topological polar surface area (TPSA) is 74.6 Å². The summed E-state index contributed by atoms with van der Waals surface area (Å²) in [6, 6.07) is 12.9. The van der Waals surface area contributed by atoms with Gasteiger partial charge in [-0.05, 0) is 60.4 Å². The van der Waals surface area contributed by atoms with Crippen LogP contribution in [0.1, 0.15) is 42.3 Å².